The molecule has 0 amide bonds. The van der Waals surface area contributed by atoms with Crippen LogP contribution in [0.3, 0.4) is 0 Å². The fraction of sp³-hybridized carbons (Fsp3) is 0.278. The molecule has 0 fully saturated rings. The van der Waals surface area contributed by atoms with E-state index in [2.05, 4.69) is 20.8 Å². The van der Waals surface area contributed by atoms with Crippen LogP contribution in [-0.4, -0.2) is 5.78 Å². The van der Waals surface area contributed by atoms with Crippen molar-refractivity contribution in [2.45, 2.75) is 32.6 Å². The lowest BCUT2D eigenvalue weighted by atomic mass is 9.86. The van der Waals surface area contributed by atoms with Crippen LogP contribution in [0, 0.1) is 5.82 Å². The molecule has 0 saturated heterocycles. The average Bonchev–Trinajstić information content (AvgIpc) is 2.38. The average molecular weight is 305 g/mol. The largest absolute Gasteiger partial charge is 0.294 e. The van der Waals surface area contributed by atoms with Gasteiger partial charge in [-0.1, -0.05) is 56.6 Å². The first-order valence-electron chi connectivity index (χ1n) is 6.85. The Morgan fingerprint density at radius 3 is 2.24 bits per heavy atom. The van der Waals surface area contributed by atoms with E-state index in [0.29, 0.717) is 5.56 Å². The van der Waals surface area contributed by atoms with Gasteiger partial charge in [0.25, 0.3) is 0 Å². The third kappa shape index (κ3) is 3.92. The van der Waals surface area contributed by atoms with Crippen LogP contribution in [0.25, 0.3) is 0 Å². The number of rotatable bonds is 3. The van der Waals surface area contributed by atoms with Gasteiger partial charge in [0.05, 0.1) is 5.02 Å². The summed E-state index contributed by atoms with van der Waals surface area (Å²) in [4.78, 5) is 12.2. The Bertz CT molecular complexity index is 654. The second-order valence-electron chi connectivity index (χ2n) is 6.17. The van der Waals surface area contributed by atoms with Crippen molar-refractivity contribution in [1.82, 2.24) is 0 Å². The second-order valence-corrected chi connectivity index (χ2v) is 6.58. The number of benzene rings is 2. The van der Waals surface area contributed by atoms with Crippen molar-refractivity contribution >= 4 is 17.4 Å². The molecule has 2 aromatic carbocycles. The predicted octanol–water partition coefficient (Wildman–Crippen LogP) is 5.20. The van der Waals surface area contributed by atoms with E-state index in [9.17, 15) is 9.18 Å². The van der Waals surface area contributed by atoms with Crippen molar-refractivity contribution in [3.05, 3.63) is 70.0 Å². The zero-order chi connectivity index (χ0) is 15.6. The van der Waals surface area contributed by atoms with Gasteiger partial charge in [-0.2, -0.15) is 0 Å². The van der Waals surface area contributed by atoms with E-state index in [0.717, 1.165) is 11.6 Å². The van der Waals surface area contributed by atoms with Crippen molar-refractivity contribution in [2.75, 3.05) is 0 Å². The Labute approximate surface area is 129 Å². The van der Waals surface area contributed by atoms with Crippen molar-refractivity contribution in [3.8, 4) is 0 Å². The Morgan fingerprint density at radius 2 is 1.71 bits per heavy atom. The highest BCUT2D eigenvalue weighted by Gasteiger charge is 2.15. The van der Waals surface area contributed by atoms with E-state index in [1.807, 2.05) is 24.3 Å². The van der Waals surface area contributed by atoms with Crippen LogP contribution in [0.1, 0.15) is 42.3 Å². The third-order valence-corrected chi connectivity index (χ3v) is 3.73. The number of hydrogen-bond acceptors (Lipinski definition) is 1. The van der Waals surface area contributed by atoms with Gasteiger partial charge in [-0.25, -0.2) is 4.39 Å². The fourth-order valence-corrected chi connectivity index (χ4v) is 2.39. The van der Waals surface area contributed by atoms with Crippen LogP contribution in [0.5, 0.6) is 0 Å². The highest BCUT2D eigenvalue weighted by molar-refractivity contribution is 6.34. The molecule has 0 aliphatic heterocycles. The molecule has 2 aromatic rings. The highest BCUT2D eigenvalue weighted by Crippen LogP contribution is 2.23. The van der Waals surface area contributed by atoms with Gasteiger partial charge in [0.15, 0.2) is 5.78 Å². The van der Waals surface area contributed by atoms with Crippen molar-refractivity contribution in [3.63, 3.8) is 0 Å². The van der Waals surface area contributed by atoms with E-state index in [1.54, 1.807) is 0 Å². The summed E-state index contributed by atoms with van der Waals surface area (Å²) in [6.45, 7) is 6.43. The Balaban J connectivity index is 2.16. The number of Topliss-reactive ketones (excluding diaryl/α,β-unsaturated/α-hetero) is 1. The van der Waals surface area contributed by atoms with Crippen LogP contribution < -0.4 is 0 Å². The Morgan fingerprint density at radius 1 is 1.10 bits per heavy atom. The summed E-state index contributed by atoms with van der Waals surface area (Å²) in [5.74, 6) is -0.547. The fourth-order valence-electron chi connectivity index (χ4n) is 2.12. The smallest absolute Gasteiger partial charge is 0.168 e. The molecule has 0 N–H and O–H groups in total. The molecule has 0 spiro atoms. The lowest BCUT2D eigenvalue weighted by molar-refractivity contribution is 0.0993. The number of ketones is 1. The van der Waals surface area contributed by atoms with Crippen LogP contribution in [0.4, 0.5) is 4.39 Å². The van der Waals surface area contributed by atoms with Gasteiger partial charge in [0.2, 0.25) is 0 Å². The van der Waals surface area contributed by atoms with Crippen LogP contribution in [0.2, 0.25) is 5.02 Å². The quantitative estimate of drug-likeness (QED) is 0.712. The summed E-state index contributed by atoms with van der Waals surface area (Å²) in [7, 11) is 0. The van der Waals surface area contributed by atoms with Crippen LogP contribution in [0.15, 0.2) is 42.5 Å². The summed E-state index contributed by atoms with van der Waals surface area (Å²) in [5.41, 5.74) is 2.59. The molecule has 0 aromatic heterocycles. The van der Waals surface area contributed by atoms with Gasteiger partial charge in [0, 0.05) is 12.0 Å². The molecule has 2 rings (SSSR count). The van der Waals surface area contributed by atoms with Crippen LogP contribution in [-0.2, 0) is 11.8 Å². The summed E-state index contributed by atoms with van der Waals surface area (Å²) in [5, 5.41) is 0.159. The second kappa shape index (κ2) is 5.98. The molecule has 0 bridgehead atoms. The lowest BCUT2D eigenvalue weighted by Crippen LogP contribution is -2.11. The monoisotopic (exact) mass is 304 g/mol. The molecular formula is C18H18ClFO. The molecule has 0 unspecified atom stereocenters. The topological polar surface area (TPSA) is 17.1 Å². The normalized spacial score (nSPS) is 11.5. The van der Waals surface area contributed by atoms with Gasteiger partial charge in [-0.15, -0.1) is 0 Å². The molecule has 1 nitrogen and oxygen atoms in total. The first-order valence-corrected chi connectivity index (χ1v) is 7.23. The summed E-state index contributed by atoms with van der Waals surface area (Å²) >= 11 is 5.91. The molecule has 0 aliphatic carbocycles. The van der Waals surface area contributed by atoms with Gasteiger partial charge < -0.3 is 0 Å². The van der Waals surface area contributed by atoms with Crippen molar-refractivity contribution < 1.29 is 9.18 Å². The molecule has 0 atom stereocenters. The molecule has 21 heavy (non-hydrogen) atoms. The first kappa shape index (κ1) is 15.7. The maximum atomic E-state index is 13.0. The first-order chi connectivity index (χ1) is 9.77. The minimum absolute atomic E-state index is 0.0861. The van der Waals surface area contributed by atoms with E-state index < -0.39 is 5.82 Å². The number of carbonyl (C=O) groups is 1. The maximum absolute atomic E-state index is 13.0. The number of carbonyl (C=O) groups excluding carboxylic acids is 1. The Hall–Kier alpha value is -1.67. The summed E-state index contributed by atoms with van der Waals surface area (Å²) in [6.07, 6.45) is 0.260. The van der Waals surface area contributed by atoms with E-state index in [1.165, 1.54) is 17.7 Å². The molecule has 3 heteroatoms. The molecule has 0 saturated carbocycles. The lowest BCUT2D eigenvalue weighted by Gasteiger charge is -2.19. The van der Waals surface area contributed by atoms with Crippen molar-refractivity contribution in [1.29, 1.82) is 0 Å². The Kier molecular flexibility index (Phi) is 4.48. The minimum Gasteiger partial charge on any atom is -0.294 e. The summed E-state index contributed by atoms with van der Waals surface area (Å²) in [6, 6.07) is 11.8. The number of halogens is 2. The van der Waals surface area contributed by atoms with Gasteiger partial charge in [-0.3, -0.25) is 4.79 Å². The predicted molar refractivity (Wildman–Crippen MR) is 84.6 cm³/mol. The molecule has 0 radical (unpaired) electrons. The highest BCUT2D eigenvalue weighted by atomic mass is 35.5. The van der Waals surface area contributed by atoms with E-state index in [-0.39, 0.29) is 22.6 Å². The van der Waals surface area contributed by atoms with E-state index >= 15 is 0 Å². The maximum Gasteiger partial charge on any atom is 0.168 e. The zero-order valence-corrected chi connectivity index (χ0v) is 13.2. The van der Waals surface area contributed by atoms with E-state index in [4.69, 9.17) is 11.6 Å². The molecular weight excluding hydrogens is 287 g/mol. The third-order valence-electron chi connectivity index (χ3n) is 3.42. The van der Waals surface area contributed by atoms with Gasteiger partial charge >= 0.3 is 0 Å². The zero-order valence-electron chi connectivity index (χ0n) is 12.4. The summed E-state index contributed by atoms with van der Waals surface area (Å²) < 4.78 is 13.0. The SMILES string of the molecule is CC(C)(C)c1ccc(CC(=O)c2ccc(F)cc2Cl)cc1. The molecule has 0 heterocycles. The van der Waals surface area contributed by atoms with Gasteiger partial charge in [0.1, 0.15) is 5.82 Å². The minimum atomic E-state index is -0.439. The van der Waals surface area contributed by atoms with Crippen LogP contribution >= 0.6 is 11.6 Å². The van der Waals surface area contributed by atoms with Gasteiger partial charge in [-0.05, 0) is 34.7 Å². The molecule has 0 aliphatic rings. The standard InChI is InChI=1S/C18H18ClFO/c1-18(2,3)13-6-4-12(5-7-13)10-17(21)15-9-8-14(20)11-16(15)19/h4-9,11H,10H2,1-3H3. The number of hydrogen-bond donors (Lipinski definition) is 0. The molecule has 110 valence electrons. The van der Waals surface area contributed by atoms with Crippen molar-refractivity contribution in [2.24, 2.45) is 0 Å².